The molecule has 0 saturated carbocycles. The average Bonchev–Trinajstić information content (AvgIpc) is 3.50. The van der Waals surface area contributed by atoms with E-state index in [0.29, 0.717) is 0 Å². The number of anilines is 3. The van der Waals surface area contributed by atoms with E-state index in [-0.39, 0.29) is 5.41 Å². The maximum absolute atomic E-state index is 6.33. The quantitative estimate of drug-likeness (QED) is 0.226. The molecule has 0 amide bonds. The summed E-state index contributed by atoms with van der Waals surface area (Å²) in [6, 6.07) is 50.0. The van der Waals surface area contributed by atoms with E-state index in [1.807, 2.05) is 12.1 Å². The van der Waals surface area contributed by atoms with Gasteiger partial charge >= 0.3 is 0 Å². The molecule has 41 heavy (non-hydrogen) atoms. The van der Waals surface area contributed by atoms with Crippen LogP contribution < -0.4 is 4.90 Å². The lowest BCUT2D eigenvalue weighted by Gasteiger charge is -2.27. The Kier molecular flexibility index (Phi) is 5.20. The molecule has 1 aliphatic carbocycles. The Morgan fingerprint density at radius 3 is 2.02 bits per heavy atom. The van der Waals surface area contributed by atoms with Crippen LogP contribution in [0.25, 0.3) is 44.2 Å². The molecule has 0 bridgehead atoms. The van der Waals surface area contributed by atoms with Crippen LogP contribution in [0.4, 0.5) is 17.1 Å². The van der Waals surface area contributed by atoms with Gasteiger partial charge in [-0.3, -0.25) is 0 Å². The lowest BCUT2D eigenvalue weighted by Crippen LogP contribution is -2.15. The van der Waals surface area contributed by atoms with E-state index in [9.17, 15) is 0 Å². The SMILES string of the molecule is CC1(C)c2ccccc2-c2cc(N(c3cccc(-c4ccccc4)c3)c3ccc4c(c3)oc3ccccc34)ccc21. The van der Waals surface area contributed by atoms with Crippen molar-refractivity contribution in [2.45, 2.75) is 19.3 Å². The van der Waals surface area contributed by atoms with Crippen molar-refractivity contribution >= 4 is 39.0 Å². The zero-order valence-corrected chi connectivity index (χ0v) is 23.1. The van der Waals surface area contributed by atoms with Gasteiger partial charge in [-0.15, -0.1) is 0 Å². The molecule has 0 saturated heterocycles. The number of hydrogen-bond donors (Lipinski definition) is 0. The topological polar surface area (TPSA) is 16.4 Å². The van der Waals surface area contributed by atoms with E-state index in [2.05, 4.69) is 146 Å². The van der Waals surface area contributed by atoms with E-state index >= 15 is 0 Å². The predicted octanol–water partition coefficient (Wildman–Crippen LogP) is 11.0. The largest absolute Gasteiger partial charge is 0.456 e. The number of hydrogen-bond acceptors (Lipinski definition) is 2. The Balaban J connectivity index is 1.34. The van der Waals surface area contributed by atoms with Crippen LogP contribution in [-0.4, -0.2) is 0 Å². The Hall–Kier alpha value is -5.08. The molecule has 1 aromatic heterocycles. The third-order valence-electron chi connectivity index (χ3n) is 8.66. The van der Waals surface area contributed by atoms with Crippen molar-refractivity contribution in [2.75, 3.05) is 4.90 Å². The van der Waals surface area contributed by atoms with E-state index < -0.39 is 0 Å². The predicted molar refractivity (Wildman–Crippen MR) is 171 cm³/mol. The first-order valence-corrected chi connectivity index (χ1v) is 14.2. The first-order chi connectivity index (χ1) is 20.1. The highest BCUT2D eigenvalue weighted by Crippen LogP contribution is 2.50. The third-order valence-corrected chi connectivity index (χ3v) is 8.66. The Morgan fingerprint density at radius 1 is 0.463 bits per heavy atom. The zero-order chi connectivity index (χ0) is 27.6. The molecule has 0 fully saturated rings. The molecule has 2 heteroatoms. The van der Waals surface area contributed by atoms with Gasteiger partial charge in [0.1, 0.15) is 11.2 Å². The van der Waals surface area contributed by atoms with Crippen molar-refractivity contribution in [3.8, 4) is 22.3 Å². The number of benzene rings is 6. The second-order valence-electron chi connectivity index (χ2n) is 11.4. The molecule has 0 atom stereocenters. The molecule has 0 spiro atoms. The van der Waals surface area contributed by atoms with Gasteiger partial charge < -0.3 is 9.32 Å². The second kappa shape index (κ2) is 8.97. The van der Waals surface area contributed by atoms with Gasteiger partial charge in [-0.05, 0) is 75.8 Å². The summed E-state index contributed by atoms with van der Waals surface area (Å²) in [6.07, 6.45) is 0. The Labute approximate surface area is 240 Å². The highest BCUT2D eigenvalue weighted by Gasteiger charge is 2.35. The number of fused-ring (bicyclic) bond motifs is 6. The van der Waals surface area contributed by atoms with Crippen LogP contribution in [0.15, 0.2) is 144 Å². The van der Waals surface area contributed by atoms with Crippen molar-refractivity contribution in [2.24, 2.45) is 0 Å². The molecule has 1 aliphatic rings. The van der Waals surface area contributed by atoms with E-state index in [0.717, 1.165) is 39.0 Å². The minimum Gasteiger partial charge on any atom is -0.456 e. The maximum Gasteiger partial charge on any atom is 0.137 e. The van der Waals surface area contributed by atoms with Crippen LogP contribution in [0, 0.1) is 0 Å². The number of furan rings is 1. The minimum atomic E-state index is -0.0320. The van der Waals surface area contributed by atoms with E-state index in [4.69, 9.17) is 4.42 Å². The first-order valence-electron chi connectivity index (χ1n) is 14.2. The Bertz CT molecular complexity index is 2080. The summed E-state index contributed by atoms with van der Waals surface area (Å²) in [5, 5.41) is 2.27. The van der Waals surface area contributed by atoms with Crippen LogP contribution >= 0.6 is 0 Å². The van der Waals surface area contributed by atoms with Gasteiger partial charge in [0.15, 0.2) is 0 Å². The standard InChI is InChI=1S/C39H29NO/c1-39(2)35-17-8-6-15-31(35)34-24-29(20-22-36(34)39)40(28-14-10-13-27(23-28)26-11-4-3-5-12-26)30-19-21-33-32-16-7-9-18-37(32)41-38(33)25-30/h3-25H,1-2H3. The molecule has 6 aromatic carbocycles. The molecule has 0 N–H and O–H groups in total. The van der Waals surface area contributed by atoms with E-state index in [1.54, 1.807) is 0 Å². The van der Waals surface area contributed by atoms with Gasteiger partial charge in [0.2, 0.25) is 0 Å². The number of para-hydroxylation sites is 1. The van der Waals surface area contributed by atoms with Gasteiger partial charge in [0.25, 0.3) is 0 Å². The maximum atomic E-state index is 6.33. The van der Waals surface area contributed by atoms with Crippen molar-refractivity contribution in [1.29, 1.82) is 0 Å². The highest BCUT2D eigenvalue weighted by atomic mass is 16.3. The van der Waals surface area contributed by atoms with Gasteiger partial charge in [0, 0.05) is 39.3 Å². The second-order valence-corrected chi connectivity index (χ2v) is 11.4. The van der Waals surface area contributed by atoms with Crippen molar-refractivity contribution < 1.29 is 4.42 Å². The van der Waals surface area contributed by atoms with Crippen LogP contribution in [-0.2, 0) is 5.41 Å². The molecular weight excluding hydrogens is 498 g/mol. The van der Waals surface area contributed by atoms with E-state index in [1.165, 1.54) is 33.4 Å². The molecule has 2 nitrogen and oxygen atoms in total. The summed E-state index contributed by atoms with van der Waals surface area (Å²) in [5.41, 5.74) is 12.8. The molecule has 0 aliphatic heterocycles. The third kappa shape index (κ3) is 3.72. The molecule has 8 rings (SSSR count). The summed E-state index contributed by atoms with van der Waals surface area (Å²) in [4.78, 5) is 2.35. The van der Waals surface area contributed by atoms with Crippen molar-refractivity contribution in [1.82, 2.24) is 0 Å². The smallest absolute Gasteiger partial charge is 0.137 e. The van der Waals surface area contributed by atoms with Crippen LogP contribution in [0.3, 0.4) is 0 Å². The normalized spacial score (nSPS) is 13.3. The lowest BCUT2D eigenvalue weighted by molar-refractivity contribution is 0.660. The minimum absolute atomic E-state index is 0.0320. The number of nitrogens with zero attached hydrogens (tertiary/aromatic N) is 1. The summed E-state index contributed by atoms with van der Waals surface area (Å²) < 4.78 is 6.33. The summed E-state index contributed by atoms with van der Waals surface area (Å²) >= 11 is 0. The summed E-state index contributed by atoms with van der Waals surface area (Å²) in [6.45, 7) is 4.65. The fourth-order valence-corrected chi connectivity index (χ4v) is 6.60. The Morgan fingerprint density at radius 2 is 1.12 bits per heavy atom. The number of rotatable bonds is 4. The first kappa shape index (κ1) is 23.8. The zero-order valence-electron chi connectivity index (χ0n) is 23.1. The summed E-state index contributed by atoms with van der Waals surface area (Å²) in [7, 11) is 0. The van der Waals surface area contributed by atoms with Gasteiger partial charge in [0.05, 0.1) is 0 Å². The fraction of sp³-hybridized carbons (Fsp3) is 0.0769. The fourth-order valence-electron chi connectivity index (χ4n) is 6.60. The molecular formula is C39H29NO. The van der Waals surface area contributed by atoms with Gasteiger partial charge in [-0.2, -0.15) is 0 Å². The van der Waals surface area contributed by atoms with Crippen LogP contribution in [0.1, 0.15) is 25.0 Å². The molecule has 0 unspecified atom stereocenters. The average molecular weight is 528 g/mol. The lowest BCUT2D eigenvalue weighted by atomic mass is 9.82. The van der Waals surface area contributed by atoms with Crippen molar-refractivity contribution in [3.05, 3.63) is 151 Å². The molecule has 0 radical (unpaired) electrons. The molecule has 196 valence electrons. The summed E-state index contributed by atoms with van der Waals surface area (Å²) in [5.74, 6) is 0. The molecule has 7 aromatic rings. The monoisotopic (exact) mass is 527 g/mol. The highest BCUT2D eigenvalue weighted by molar-refractivity contribution is 6.06. The van der Waals surface area contributed by atoms with Crippen LogP contribution in [0.2, 0.25) is 0 Å². The van der Waals surface area contributed by atoms with Crippen molar-refractivity contribution in [3.63, 3.8) is 0 Å². The van der Waals surface area contributed by atoms with Gasteiger partial charge in [-0.1, -0.05) is 105 Å². The van der Waals surface area contributed by atoms with Crippen LogP contribution in [0.5, 0.6) is 0 Å². The van der Waals surface area contributed by atoms with Gasteiger partial charge in [-0.25, -0.2) is 0 Å². The molecule has 1 heterocycles.